The molecule has 1 saturated carbocycles. The number of Topliss-reactive ketones (excluding diaryl/α,β-unsaturated/α-hetero) is 1. The van der Waals surface area contributed by atoms with Crippen molar-refractivity contribution in [3.63, 3.8) is 0 Å². The first-order valence-electron chi connectivity index (χ1n) is 15.0. The minimum absolute atomic E-state index is 0.0610. The van der Waals surface area contributed by atoms with E-state index in [1.807, 2.05) is 35.2 Å². The number of benzene rings is 2. The molecule has 12 nitrogen and oxygen atoms in total. The van der Waals surface area contributed by atoms with Crippen molar-refractivity contribution in [3.05, 3.63) is 65.7 Å². The summed E-state index contributed by atoms with van der Waals surface area (Å²) in [5.74, 6) is -1.25. The normalized spacial score (nSPS) is 20.8. The van der Waals surface area contributed by atoms with Crippen LogP contribution in [0, 0.1) is 0 Å². The van der Waals surface area contributed by atoms with Crippen LogP contribution < -0.4 is 20.7 Å². The van der Waals surface area contributed by atoms with Gasteiger partial charge in [-0.1, -0.05) is 42.5 Å². The lowest BCUT2D eigenvalue weighted by Crippen LogP contribution is -2.61. The second-order valence-corrected chi connectivity index (χ2v) is 11.6. The summed E-state index contributed by atoms with van der Waals surface area (Å²) in [4.78, 5) is 55.4. The highest BCUT2D eigenvalue weighted by Crippen LogP contribution is 2.38. The summed E-state index contributed by atoms with van der Waals surface area (Å²) < 4.78 is 15.8. The number of carbonyl (C=O) groups excluding carboxylic acids is 4. The molecular formula is C32H40N4O8. The Morgan fingerprint density at radius 2 is 1.52 bits per heavy atom. The largest absolute Gasteiger partial charge is 0.497 e. The van der Waals surface area contributed by atoms with Crippen molar-refractivity contribution < 1.29 is 38.5 Å². The summed E-state index contributed by atoms with van der Waals surface area (Å²) >= 11 is 0. The van der Waals surface area contributed by atoms with Gasteiger partial charge in [-0.15, -0.1) is 0 Å². The number of methoxy groups -OCH3 is 1. The van der Waals surface area contributed by atoms with E-state index in [4.69, 9.17) is 14.2 Å². The van der Waals surface area contributed by atoms with Crippen LogP contribution in [-0.2, 0) is 41.5 Å². The molecule has 2 aromatic rings. The number of nitrogens with zero attached hydrogens (tertiary/aromatic N) is 1. The lowest BCUT2D eigenvalue weighted by molar-refractivity contribution is -0.136. The smallest absolute Gasteiger partial charge is 0.246 e. The first kappa shape index (κ1) is 31.6. The molecule has 2 saturated heterocycles. The van der Waals surface area contributed by atoms with Gasteiger partial charge in [0.2, 0.25) is 17.7 Å². The molecule has 4 N–H and O–H groups in total. The number of ketones is 1. The van der Waals surface area contributed by atoms with E-state index in [0.717, 1.165) is 11.1 Å². The highest BCUT2D eigenvalue weighted by atomic mass is 16.6. The molecule has 2 aliphatic heterocycles. The summed E-state index contributed by atoms with van der Waals surface area (Å²) in [6, 6.07) is 13.2. The van der Waals surface area contributed by atoms with Crippen LogP contribution in [0.25, 0.3) is 0 Å². The second kappa shape index (κ2) is 14.3. The average Bonchev–Trinajstić information content (AvgIpc) is 3.98. The highest BCUT2D eigenvalue weighted by Gasteiger charge is 2.52. The number of hydrogen-bond acceptors (Lipinski definition) is 9. The van der Waals surface area contributed by atoms with Crippen molar-refractivity contribution in [1.82, 2.24) is 20.9 Å². The van der Waals surface area contributed by atoms with Crippen LogP contribution >= 0.6 is 0 Å². The fourth-order valence-electron chi connectivity index (χ4n) is 5.27. The van der Waals surface area contributed by atoms with E-state index >= 15 is 0 Å². The average molecular weight is 609 g/mol. The summed E-state index contributed by atoms with van der Waals surface area (Å²) in [5.41, 5.74) is 0.198. The molecule has 3 aliphatic rings. The Morgan fingerprint density at radius 1 is 0.909 bits per heavy atom. The lowest BCUT2D eigenvalue weighted by Gasteiger charge is -2.29. The third-order valence-corrected chi connectivity index (χ3v) is 8.16. The van der Waals surface area contributed by atoms with Crippen molar-refractivity contribution in [1.29, 1.82) is 0 Å². The van der Waals surface area contributed by atoms with Crippen molar-refractivity contribution >= 4 is 23.5 Å². The summed E-state index contributed by atoms with van der Waals surface area (Å²) in [5, 5.41) is 19.3. The second-order valence-electron chi connectivity index (χ2n) is 11.6. The van der Waals surface area contributed by atoms with E-state index in [1.165, 1.54) is 0 Å². The van der Waals surface area contributed by atoms with Gasteiger partial charge in [-0.25, -0.2) is 0 Å². The number of morpholine rings is 1. The Bertz CT molecular complexity index is 1310. The minimum atomic E-state index is -1.40. The Labute approximate surface area is 256 Å². The Hall–Kier alpha value is -3.84. The maximum Gasteiger partial charge on any atom is 0.246 e. The van der Waals surface area contributed by atoms with E-state index in [1.54, 1.807) is 31.4 Å². The van der Waals surface area contributed by atoms with Gasteiger partial charge in [0, 0.05) is 19.5 Å². The molecular weight excluding hydrogens is 568 g/mol. The zero-order chi connectivity index (χ0) is 31.1. The Kier molecular flexibility index (Phi) is 10.3. The number of epoxide rings is 1. The molecule has 0 radical (unpaired) electrons. The van der Waals surface area contributed by atoms with E-state index in [2.05, 4.69) is 16.0 Å². The number of nitrogens with one attached hydrogen (secondary N) is 3. The molecule has 236 valence electrons. The molecule has 44 heavy (non-hydrogen) atoms. The molecule has 3 fully saturated rings. The van der Waals surface area contributed by atoms with Crippen LogP contribution in [0.15, 0.2) is 54.6 Å². The van der Waals surface area contributed by atoms with Crippen molar-refractivity contribution in [2.45, 2.75) is 55.5 Å². The van der Waals surface area contributed by atoms with Gasteiger partial charge in [0.15, 0.2) is 5.78 Å². The number of rotatable bonds is 15. The number of hydrogen-bond donors (Lipinski definition) is 4. The summed E-state index contributed by atoms with van der Waals surface area (Å²) in [7, 11) is 1.55. The molecule has 2 heterocycles. The predicted octanol–water partition coefficient (Wildman–Crippen LogP) is -0.240. The van der Waals surface area contributed by atoms with Gasteiger partial charge >= 0.3 is 0 Å². The van der Waals surface area contributed by atoms with E-state index in [-0.39, 0.29) is 25.2 Å². The molecule has 5 rings (SSSR count). The van der Waals surface area contributed by atoms with Gasteiger partial charge in [-0.05, 0) is 42.5 Å². The SMILES string of the molecule is COc1ccc(C[C@H](NC(=O)[C@@H](NC(=O)CN2CCOCC2)C2(O)CC2)C(=O)N[C@@H](Cc2ccccc2)C(=O)[C@H]2CO2)cc1. The van der Waals surface area contributed by atoms with Crippen molar-refractivity contribution in [2.24, 2.45) is 0 Å². The molecule has 0 bridgehead atoms. The summed E-state index contributed by atoms with van der Waals surface area (Å²) in [6.45, 7) is 2.58. The van der Waals surface area contributed by atoms with Crippen molar-refractivity contribution in [2.75, 3.05) is 46.6 Å². The first-order chi connectivity index (χ1) is 21.2. The molecule has 12 heteroatoms. The maximum atomic E-state index is 13.8. The van der Waals surface area contributed by atoms with Crippen molar-refractivity contribution in [3.8, 4) is 5.75 Å². The van der Waals surface area contributed by atoms with Gasteiger partial charge in [0.25, 0.3) is 0 Å². The van der Waals surface area contributed by atoms with Crippen LogP contribution in [0.4, 0.5) is 0 Å². The van der Waals surface area contributed by atoms with Gasteiger partial charge in [0.1, 0.15) is 23.9 Å². The van der Waals surface area contributed by atoms with Crippen LogP contribution in [-0.4, -0.2) is 110 Å². The lowest BCUT2D eigenvalue weighted by atomic mass is 9.98. The highest BCUT2D eigenvalue weighted by molar-refractivity contribution is 5.97. The van der Waals surface area contributed by atoms with Crippen LogP contribution in [0.1, 0.15) is 24.0 Å². The van der Waals surface area contributed by atoms with Gasteiger partial charge < -0.3 is 35.3 Å². The minimum Gasteiger partial charge on any atom is -0.497 e. The number of aliphatic hydroxyl groups is 1. The number of amides is 3. The first-order valence-corrected chi connectivity index (χ1v) is 15.0. The maximum absolute atomic E-state index is 13.8. The molecule has 4 atom stereocenters. The third-order valence-electron chi connectivity index (χ3n) is 8.16. The fourth-order valence-corrected chi connectivity index (χ4v) is 5.27. The summed E-state index contributed by atoms with van der Waals surface area (Å²) in [6.07, 6.45) is 0.462. The zero-order valence-electron chi connectivity index (χ0n) is 24.8. The fraction of sp³-hybridized carbons (Fsp3) is 0.500. The molecule has 2 aromatic carbocycles. The molecule has 0 aromatic heterocycles. The van der Waals surface area contributed by atoms with E-state index in [0.29, 0.717) is 51.5 Å². The third kappa shape index (κ3) is 8.63. The molecule has 1 aliphatic carbocycles. The molecule has 0 spiro atoms. The van der Waals surface area contributed by atoms with Gasteiger partial charge in [-0.2, -0.15) is 0 Å². The monoisotopic (exact) mass is 608 g/mol. The van der Waals surface area contributed by atoms with Crippen LogP contribution in [0.5, 0.6) is 5.75 Å². The van der Waals surface area contributed by atoms with E-state index in [9.17, 15) is 24.3 Å². The standard InChI is InChI=1S/C32H40N4O8/c1-42-23-9-7-22(8-10-23)18-25(30(39)33-24(28(38)26-20-44-26)17-21-5-3-2-4-6-21)34-31(40)29(32(41)11-12-32)35-27(37)19-36-13-15-43-16-14-36/h2-10,24-26,29,41H,11-20H2,1H3,(H,33,39)(H,34,40)(H,35,37)/t24-,25-,26+,29+/m0/s1. The molecule has 3 amide bonds. The van der Waals surface area contributed by atoms with Crippen LogP contribution in [0.2, 0.25) is 0 Å². The Morgan fingerprint density at radius 3 is 2.14 bits per heavy atom. The quantitative estimate of drug-likeness (QED) is 0.200. The predicted molar refractivity (Wildman–Crippen MR) is 159 cm³/mol. The van der Waals surface area contributed by atoms with Crippen LogP contribution in [0.3, 0.4) is 0 Å². The zero-order valence-corrected chi connectivity index (χ0v) is 24.8. The number of ether oxygens (including phenoxy) is 3. The Balaban J connectivity index is 1.32. The van der Waals surface area contributed by atoms with Gasteiger partial charge in [0.05, 0.1) is 45.1 Å². The van der Waals surface area contributed by atoms with Gasteiger partial charge in [-0.3, -0.25) is 24.1 Å². The number of carbonyl (C=O) groups is 4. The molecule has 0 unspecified atom stereocenters. The topological polar surface area (TPSA) is 159 Å². The van der Waals surface area contributed by atoms with E-state index < -0.39 is 47.6 Å².